The number of carboxylic acid groups (broad SMARTS) is 1. The van der Waals surface area contributed by atoms with Crippen molar-refractivity contribution < 1.29 is 23.6 Å². The van der Waals surface area contributed by atoms with E-state index < -0.39 is 17.3 Å². The Morgan fingerprint density at radius 1 is 1.39 bits per heavy atom. The summed E-state index contributed by atoms with van der Waals surface area (Å²) in [5, 5.41) is 15.3. The maximum atomic E-state index is 13.6. The second kappa shape index (κ2) is 6.60. The molecule has 1 heterocycles. The Morgan fingerprint density at radius 3 is 2.65 bits per heavy atom. The molecule has 0 radical (unpaired) electrons. The molecule has 0 saturated carbocycles. The summed E-state index contributed by atoms with van der Waals surface area (Å²) in [6.07, 6.45) is -0.0844. The van der Waals surface area contributed by atoms with Crippen LogP contribution in [0.25, 0.3) is 0 Å². The highest BCUT2D eigenvalue weighted by Crippen LogP contribution is 2.27. The average Bonchev–Trinajstić information content (AvgIpc) is 2.80. The first-order valence-corrected chi connectivity index (χ1v) is 7.07. The Bertz CT molecular complexity index is 753. The molecule has 1 amide bonds. The van der Waals surface area contributed by atoms with E-state index in [1.54, 1.807) is 6.92 Å². The lowest BCUT2D eigenvalue weighted by Gasteiger charge is -2.08. The lowest BCUT2D eigenvalue weighted by atomic mass is 10.1. The van der Waals surface area contributed by atoms with Crippen LogP contribution in [-0.4, -0.2) is 22.1 Å². The number of hydrogen-bond acceptors (Lipinski definition) is 4. The van der Waals surface area contributed by atoms with Gasteiger partial charge in [-0.3, -0.25) is 4.79 Å². The zero-order chi connectivity index (χ0) is 17.1. The molecule has 23 heavy (non-hydrogen) atoms. The van der Waals surface area contributed by atoms with E-state index in [1.165, 1.54) is 6.07 Å². The van der Waals surface area contributed by atoms with Crippen molar-refractivity contribution in [2.75, 3.05) is 5.32 Å². The Kier molecular flexibility index (Phi) is 4.78. The van der Waals surface area contributed by atoms with Gasteiger partial charge in [0.2, 0.25) is 5.91 Å². The highest BCUT2D eigenvalue weighted by Gasteiger charge is 2.19. The molecule has 1 aromatic heterocycles. The first-order chi connectivity index (χ1) is 10.8. The van der Waals surface area contributed by atoms with Crippen LogP contribution in [0.15, 0.2) is 22.7 Å². The van der Waals surface area contributed by atoms with Crippen LogP contribution in [-0.2, 0) is 11.2 Å². The predicted molar refractivity (Wildman–Crippen MR) is 81.0 cm³/mol. The molecule has 1 aromatic carbocycles. The molecule has 6 nitrogen and oxygen atoms in total. The number of nitrogens with one attached hydrogen (secondary N) is 1. The van der Waals surface area contributed by atoms with Crippen LogP contribution in [0.3, 0.4) is 0 Å². The van der Waals surface area contributed by atoms with Crippen LogP contribution in [0, 0.1) is 12.7 Å². The fraction of sp³-hybridized carbons (Fsp3) is 0.312. The van der Waals surface area contributed by atoms with Gasteiger partial charge >= 0.3 is 5.97 Å². The average molecular weight is 320 g/mol. The summed E-state index contributed by atoms with van der Waals surface area (Å²) in [6.45, 7) is 5.54. The Hall–Kier alpha value is -2.70. The van der Waals surface area contributed by atoms with Crippen molar-refractivity contribution in [1.82, 2.24) is 5.16 Å². The number of halogens is 1. The van der Waals surface area contributed by atoms with E-state index in [-0.39, 0.29) is 18.2 Å². The molecule has 0 aliphatic rings. The van der Waals surface area contributed by atoms with E-state index in [9.17, 15) is 14.0 Å². The summed E-state index contributed by atoms with van der Waals surface area (Å²) in [5.41, 5.74) is 1.04. The lowest BCUT2D eigenvalue weighted by Crippen LogP contribution is -2.16. The SMILES string of the molecule is Cc1noc(C(C)C)c1NC(=O)Cc1ccc(C(=O)O)c(F)c1. The highest BCUT2D eigenvalue weighted by molar-refractivity contribution is 5.93. The summed E-state index contributed by atoms with van der Waals surface area (Å²) < 4.78 is 18.8. The Labute approximate surface area is 132 Å². The molecule has 2 aromatic rings. The van der Waals surface area contributed by atoms with Crippen LogP contribution >= 0.6 is 0 Å². The first kappa shape index (κ1) is 16.7. The van der Waals surface area contributed by atoms with Gasteiger partial charge in [0.15, 0.2) is 5.76 Å². The third-order valence-electron chi connectivity index (χ3n) is 3.31. The smallest absolute Gasteiger partial charge is 0.338 e. The molecule has 2 N–H and O–H groups in total. The largest absolute Gasteiger partial charge is 0.478 e. The minimum Gasteiger partial charge on any atom is -0.478 e. The number of rotatable bonds is 5. The molecule has 0 fully saturated rings. The summed E-state index contributed by atoms with van der Waals surface area (Å²) in [5.74, 6) is -1.95. The lowest BCUT2D eigenvalue weighted by molar-refractivity contribution is -0.115. The predicted octanol–water partition coefficient (Wildman–Crippen LogP) is 3.12. The van der Waals surface area contributed by atoms with Gasteiger partial charge in [-0.2, -0.15) is 0 Å². The van der Waals surface area contributed by atoms with Crippen LogP contribution in [0.4, 0.5) is 10.1 Å². The van der Waals surface area contributed by atoms with Gasteiger partial charge in [0.05, 0.1) is 12.0 Å². The topological polar surface area (TPSA) is 92.4 Å². The van der Waals surface area contributed by atoms with Crippen molar-refractivity contribution in [1.29, 1.82) is 0 Å². The van der Waals surface area contributed by atoms with Gasteiger partial charge in [-0.15, -0.1) is 0 Å². The zero-order valence-corrected chi connectivity index (χ0v) is 13.0. The van der Waals surface area contributed by atoms with Crippen LogP contribution in [0.2, 0.25) is 0 Å². The second-order valence-corrected chi connectivity index (χ2v) is 5.51. The summed E-state index contributed by atoms with van der Waals surface area (Å²) in [4.78, 5) is 22.9. The molecule has 7 heteroatoms. The molecule has 0 aliphatic heterocycles. The number of amides is 1. The van der Waals surface area contributed by atoms with E-state index in [0.717, 1.165) is 12.1 Å². The van der Waals surface area contributed by atoms with Gasteiger partial charge in [-0.05, 0) is 24.6 Å². The molecule has 0 unspecified atom stereocenters. The molecule has 2 rings (SSSR count). The van der Waals surface area contributed by atoms with E-state index in [4.69, 9.17) is 9.63 Å². The second-order valence-electron chi connectivity index (χ2n) is 5.51. The number of carboxylic acids is 1. The van der Waals surface area contributed by atoms with Gasteiger partial charge in [-0.1, -0.05) is 25.1 Å². The normalized spacial score (nSPS) is 10.8. The minimum atomic E-state index is -1.35. The van der Waals surface area contributed by atoms with Gasteiger partial charge in [0.1, 0.15) is 17.2 Å². The van der Waals surface area contributed by atoms with Crippen molar-refractivity contribution in [3.8, 4) is 0 Å². The highest BCUT2D eigenvalue weighted by atomic mass is 19.1. The number of carbonyl (C=O) groups excluding carboxylic acids is 1. The van der Waals surface area contributed by atoms with Crippen LogP contribution in [0.5, 0.6) is 0 Å². The third-order valence-corrected chi connectivity index (χ3v) is 3.31. The standard InChI is InChI=1S/C16H17FN2O4/c1-8(2)15-14(9(3)19-23-15)18-13(20)7-10-4-5-11(16(21)22)12(17)6-10/h4-6,8H,7H2,1-3H3,(H,18,20)(H,21,22). The van der Waals surface area contributed by atoms with Gasteiger partial charge in [0.25, 0.3) is 0 Å². The van der Waals surface area contributed by atoms with E-state index in [1.807, 2.05) is 13.8 Å². The zero-order valence-electron chi connectivity index (χ0n) is 13.0. The van der Waals surface area contributed by atoms with Crippen LogP contribution < -0.4 is 5.32 Å². The number of carbonyl (C=O) groups is 2. The minimum absolute atomic E-state index is 0.0544. The molecule has 0 bridgehead atoms. The van der Waals surface area contributed by atoms with E-state index >= 15 is 0 Å². The van der Waals surface area contributed by atoms with Crippen molar-refractivity contribution >= 4 is 17.6 Å². The fourth-order valence-electron chi connectivity index (χ4n) is 2.14. The number of aromatic nitrogens is 1. The molecule has 0 atom stereocenters. The molecule has 122 valence electrons. The Morgan fingerprint density at radius 2 is 2.09 bits per heavy atom. The van der Waals surface area contributed by atoms with Crippen molar-refractivity contribution in [2.24, 2.45) is 0 Å². The molecule has 0 saturated heterocycles. The molecular formula is C16H17FN2O4. The number of hydrogen-bond donors (Lipinski definition) is 2. The Balaban J connectivity index is 2.13. The first-order valence-electron chi connectivity index (χ1n) is 7.07. The maximum Gasteiger partial charge on any atom is 0.338 e. The van der Waals surface area contributed by atoms with Crippen molar-refractivity contribution in [2.45, 2.75) is 33.1 Å². The number of aromatic carboxylic acids is 1. The monoisotopic (exact) mass is 320 g/mol. The summed E-state index contributed by atoms with van der Waals surface area (Å²) in [7, 11) is 0. The van der Waals surface area contributed by atoms with Crippen molar-refractivity contribution in [3.05, 3.63) is 46.6 Å². The summed E-state index contributed by atoms with van der Waals surface area (Å²) in [6, 6.07) is 3.60. The molecule has 0 spiro atoms. The van der Waals surface area contributed by atoms with E-state index in [0.29, 0.717) is 22.7 Å². The molecular weight excluding hydrogens is 303 g/mol. The quantitative estimate of drug-likeness (QED) is 0.883. The van der Waals surface area contributed by atoms with Gasteiger partial charge in [0, 0.05) is 5.92 Å². The number of benzene rings is 1. The fourth-order valence-corrected chi connectivity index (χ4v) is 2.14. The molecule has 0 aliphatic carbocycles. The third kappa shape index (κ3) is 3.74. The van der Waals surface area contributed by atoms with Gasteiger partial charge < -0.3 is 14.9 Å². The number of aryl methyl sites for hydroxylation is 1. The summed E-state index contributed by atoms with van der Waals surface area (Å²) >= 11 is 0. The van der Waals surface area contributed by atoms with Gasteiger partial charge in [-0.25, -0.2) is 9.18 Å². The number of nitrogens with zero attached hydrogens (tertiary/aromatic N) is 1. The van der Waals surface area contributed by atoms with Crippen LogP contribution in [0.1, 0.15) is 47.1 Å². The number of anilines is 1. The van der Waals surface area contributed by atoms with Crippen molar-refractivity contribution in [3.63, 3.8) is 0 Å². The van der Waals surface area contributed by atoms with E-state index in [2.05, 4.69) is 10.5 Å². The maximum absolute atomic E-state index is 13.6.